The van der Waals surface area contributed by atoms with Crippen LogP contribution in [0.15, 0.2) is 12.2 Å². The maximum Gasteiger partial charge on any atom is 0.139 e. The van der Waals surface area contributed by atoms with Gasteiger partial charge in [-0.25, -0.2) is 0 Å². The van der Waals surface area contributed by atoms with Crippen LogP contribution in [0, 0.1) is 29.6 Å². The number of carbonyl (C=O) groups is 1. The molecule has 3 aliphatic rings. The second-order valence-electron chi connectivity index (χ2n) is 9.71. The van der Waals surface area contributed by atoms with Crippen LogP contribution >= 0.6 is 0 Å². The summed E-state index contributed by atoms with van der Waals surface area (Å²) >= 11 is 0. The Kier molecular flexibility index (Phi) is 8.55. The fourth-order valence-corrected chi connectivity index (χ4v) is 5.46. The number of rotatable bonds is 12. The van der Waals surface area contributed by atoms with Gasteiger partial charge in [0.1, 0.15) is 5.78 Å². The quantitative estimate of drug-likeness (QED) is 0.346. The molecule has 0 radical (unpaired) electrons. The first kappa shape index (κ1) is 22.0. The Morgan fingerprint density at radius 2 is 1.75 bits per heavy atom. The van der Waals surface area contributed by atoms with Crippen LogP contribution in [-0.4, -0.2) is 39.9 Å². The second-order valence-corrected chi connectivity index (χ2v) is 9.71. The summed E-state index contributed by atoms with van der Waals surface area (Å²) in [6.07, 6.45) is 16.7. The van der Waals surface area contributed by atoms with E-state index in [1.165, 1.54) is 25.7 Å². The monoisotopic (exact) mass is 392 g/mol. The predicted octanol–water partition coefficient (Wildman–Crippen LogP) is 4.02. The van der Waals surface area contributed by atoms with Crippen LogP contribution in [0.5, 0.6) is 0 Å². The molecule has 160 valence electrons. The molecule has 4 heteroatoms. The van der Waals surface area contributed by atoms with E-state index in [1.54, 1.807) is 0 Å². The van der Waals surface area contributed by atoms with Crippen LogP contribution in [0.3, 0.4) is 0 Å². The predicted molar refractivity (Wildman–Crippen MR) is 111 cm³/mol. The van der Waals surface area contributed by atoms with Crippen molar-refractivity contribution < 1.29 is 20.1 Å². The lowest BCUT2D eigenvalue weighted by molar-refractivity contribution is -0.121. The molecule has 0 aromatic rings. The molecule has 28 heavy (non-hydrogen) atoms. The van der Waals surface area contributed by atoms with Gasteiger partial charge in [0, 0.05) is 24.9 Å². The highest BCUT2D eigenvalue weighted by atomic mass is 16.3. The fraction of sp³-hybridized carbons (Fsp3) is 0.875. The molecule has 0 heterocycles. The molecule has 3 saturated carbocycles. The Bertz CT molecular complexity index is 507. The molecule has 3 fully saturated rings. The summed E-state index contributed by atoms with van der Waals surface area (Å²) in [5.74, 6) is 2.06. The van der Waals surface area contributed by atoms with Crippen molar-refractivity contribution >= 4 is 5.78 Å². The molecule has 0 bridgehead atoms. The molecule has 0 aromatic heterocycles. The maximum atomic E-state index is 12.3. The van der Waals surface area contributed by atoms with Crippen molar-refractivity contribution in [3.63, 3.8) is 0 Å². The topological polar surface area (TPSA) is 77.8 Å². The first-order valence-electron chi connectivity index (χ1n) is 11.8. The number of unbranched alkanes of at least 4 members (excludes halogenated alkanes) is 4. The third-order valence-electron chi connectivity index (χ3n) is 7.58. The Morgan fingerprint density at radius 3 is 2.43 bits per heavy atom. The van der Waals surface area contributed by atoms with Crippen LogP contribution in [0.25, 0.3) is 0 Å². The van der Waals surface area contributed by atoms with Crippen LogP contribution in [0.1, 0.15) is 83.5 Å². The summed E-state index contributed by atoms with van der Waals surface area (Å²) in [5.41, 5.74) is 0. The third kappa shape index (κ3) is 5.90. The lowest BCUT2D eigenvalue weighted by Crippen LogP contribution is -2.34. The van der Waals surface area contributed by atoms with E-state index in [1.807, 2.05) is 12.2 Å². The van der Waals surface area contributed by atoms with Gasteiger partial charge in [0.2, 0.25) is 0 Å². The van der Waals surface area contributed by atoms with E-state index < -0.39 is 12.2 Å². The second kappa shape index (κ2) is 10.9. The largest absolute Gasteiger partial charge is 0.396 e. The lowest BCUT2D eigenvalue weighted by atomic mass is 9.66. The van der Waals surface area contributed by atoms with E-state index in [4.69, 9.17) is 5.11 Å². The molecular formula is C24H40O4. The van der Waals surface area contributed by atoms with Gasteiger partial charge in [-0.15, -0.1) is 0 Å². The number of carbonyl (C=O) groups excluding carboxylic acids is 1. The number of aliphatic hydroxyl groups is 3. The minimum Gasteiger partial charge on any atom is -0.396 e. The Balaban J connectivity index is 1.39. The molecule has 3 rings (SSSR count). The first-order chi connectivity index (χ1) is 13.6. The minimum atomic E-state index is -0.594. The normalized spacial score (nSPS) is 34.5. The standard InChI is InChI=1S/C24H40O4/c25-12-5-3-1-2-4-9-20-21(24(28)16-23(20)27)10-11-22(26)19-14-18(15-19)13-17-7-6-8-17/h10-11,17-22,24-26,28H,1-9,12-16H2/t18?,19?,20-,21-,22+,24-/m1/s1. The summed E-state index contributed by atoms with van der Waals surface area (Å²) in [7, 11) is 0. The maximum absolute atomic E-state index is 12.3. The molecule has 0 amide bonds. The molecule has 0 unspecified atom stereocenters. The van der Waals surface area contributed by atoms with Crippen molar-refractivity contribution in [3.8, 4) is 0 Å². The summed E-state index contributed by atoms with van der Waals surface area (Å²) in [6, 6.07) is 0. The van der Waals surface area contributed by atoms with E-state index in [0.717, 1.165) is 63.2 Å². The van der Waals surface area contributed by atoms with Crippen molar-refractivity contribution in [3.05, 3.63) is 12.2 Å². The summed E-state index contributed by atoms with van der Waals surface area (Å²) in [6.45, 7) is 0.255. The minimum absolute atomic E-state index is 0.0935. The van der Waals surface area contributed by atoms with E-state index in [9.17, 15) is 15.0 Å². The number of ketones is 1. The summed E-state index contributed by atoms with van der Waals surface area (Å²) in [4.78, 5) is 12.3. The van der Waals surface area contributed by atoms with E-state index in [0.29, 0.717) is 5.92 Å². The van der Waals surface area contributed by atoms with Crippen LogP contribution < -0.4 is 0 Å². The highest BCUT2D eigenvalue weighted by Crippen LogP contribution is 2.44. The van der Waals surface area contributed by atoms with E-state index in [-0.39, 0.29) is 30.6 Å². The molecule has 4 nitrogen and oxygen atoms in total. The van der Waals surface area contributed by atoms with Gasteiger partial charge >= 0.3 is 0 Å². The van der Waals surface area contributed by atoms with Crippen molar-refractivity contribution in [2.45, 2.75) is 95.7 Å². The number of hydrogen-bond acceptors (Lipinski definition) is 4. The van der Waals surface area contributed by atoms with Gasteiger partial charge in [-0.2, -0.15) is 0 Å². The van der Waals surface area contributed by atoms with Gasteiger partial charge in [0.15, 0.2) is 0 Å². The average Bonchev–Trinajstić information content (AvgIpc) is 2.86. The Hall–Kier alpha value is -0.710. The highest BCUT2D eigenvalue weighted by molar-refractivity contribution is 5.84. The van der Waals surface area contributed by atoms with Gasteiger partial charge < -0.3 is 15.3 Å². The zero-order chi connectivity index (χ0) is 19.9. The SMILES string of the molecule is O=C1C[C@@H](O)[C@H](C=C[C@H](O)C2CC(CC3CCC3)C2)[C@H]1CCCCCCCO. The Labute approximate surface area is 170 Å². The third-order valence-corrected chi connectivity index (χ3v) is 7.58. The van der Waals surface area contributed by atoms with E-state index in [2.05, 4.69) is 0 Å². The number of Topliss-reactive ketones (excluding diaryl/α,β-unsaturated/α-hetero) is 1. The Morgan fingerprint density at radius 1 is 1.04 bits per heavy atom. The molecule has 0 aliphatic heterocycles. The molecule has 4 atom stereocenters. The van der Waals surface area contributed by atoms with Gasteiger partial charge in [0.25, 0.3) is 0 Å². The van der Waals surface area contributed by atoms with Crippen LogP contribution in [0.4, 0.5) is 0 Å². The van der Waals surface area contributed by atoms with Gasteiger partial charge in [0.05, 0.1) is 12.2 Å². The number of hydrogen-bond donors (Lipinski definition) is 3. The fourth-order valence-electron chi connectivity index (χ4n) is 5.46. The van der Waals surface area contributed by atoms with E-state index >= 15 is 0 Å². The molecule has 3 N–H and O–H groups in total. The molecule has 0 saturated heterocycles. The smallest absolute Gasteiger partial charge is 0.139 e. The van der Waals surface area contributed by atoms with Gasteiger partial charge in [-0.1, -0.05) is 57.1 Å². The lowest BCUT2D eigenvalue weighted by Gasteiger charge is -2.41. The van der Waals surface area contributed by atoms with Crippen molar-refractivity contribution in [1.29, 1.82) is 0 Å². The molecule has 3 aliphatic carbocycles. The van der Waals surface area contributed by atoms with Crippen molar-refractivity contribution in [2.24, 2.45) is 29.6 Å². The van der Waals surface area contributed by atoms with Crippen molar-refractivity contribution in [2.75, 3.05) is 6.61 Å². The average molecular weight is 393 g/mol. The summed E-state index contributed by atoms with van der Waals surface area (Å²) < 4.78 is 0. The molecular weight excluding hydrogens is 352 g/mol. The molecule has 0 spiro atoms. The zero-order valence-electron chi connectivity index (χ0n) is 17.3. The van der Waals surface area contributed by atoms with Gasteiger partial charge in [-0.05, 0) is 49.9 Å². The van der Waals surface area contributed by atoms with Crippen LogP contribution in [0.2, 0.25) is 0 Å². The first-order valence-corrected chi connectivity index (χ1v) is 11.8. The highest BCUT2D eigenvalue weighted by Gasteiger charge is 2.40. The van der Waals surface area contributed by atoms with Gasteiger partial charge in [-0.3, -0.25) is 4.79 Å². The van der Waals surface area contributed by atoms with Crippen molar-refractivity contribution in [1.82, 2.24) is 0 Å². The van der Waals surface area contributed by atoms with Crippen LogP contribution in [-0.2, 0) is 4.79 Å². The summed E-state index contributed by atoms with van der Waals surface area (Å²) in [5, 5.41) is 29.7. The number of aliphatic hydroxyl groups excluding tert-OH is 3. The zero-order valence-corrected chi connectivity index (χ0v) is 17.3. The molecule has 0 aromatic carbocycles.